The summed E-state index contributed by atoms with van der Waals surface area (Å²) in [4.78, 5) is 22.0. The van der Waals surface area contributed by atoms with Crippen LogP contribution < -0.4 is 5.32 Å². The molecule has 2 atom stereocenters. The molecule has 11 heteroatoms. The van der Waals surface area contributed by atoms with E-state index in [4.69, 9.17) is 4.74 Å². The third kappa shape index (κ3) is 4.62. The lowest BCUT2D eigenvalue weighted by Gasteiger charge is -2.34. The molecule has 2 aromatic heterocycles. The molecule has 1 N–H and O–H groups in total. The van der Waals surface area contributed by atoms with Gasteiger partial charge < -0.3 is 4.74 Å². The number of hydrogen-bond acceptors (Lipinski definition) is 8. The van der Waals surface area contributed by atoms with E-state index in [0.29, 0.717) is 29.5 Å². The van der Waals surface area contributed by atoms with E-state index < -0.39 is 10.0 Å². The number of nitrogens with one attached hydrogen (secondary N) is 1. The first-order valence-electron chi connectivity index (χ1n) is 10.7. The first kappa shape index (κ1) is 23.1. The van der Waals surface area contributed by atoms with Crippen LogP contribution in [0.1, 0.15) is 24.2 Å². The van der Waals surface area contributed by atoms with Crippen LogP contribution in [0.3, 0.4) is 0 Å². The van der Waals surface area contributed by atoms with Gasteiger partial charge in [-0.3, -0.25) is 10.1 Å². The van der Waals surface area contributed by atoms with Crippen molar-refractivity contribution in [1.29, 1.82) is 0 Å². The second kappa shape index (κ2) is 9.16. The van der Waals surface area contributed by atoms with E-state index >= 15 is 0 Å². The zero-order chi connectivity index (χ0) is 23.9. The summed E-state index contributed by atoms with van der Waals surface area (Å²) < 4.78 is 34.2. The van der Waals surface area contributed by atoms with Gasteiger partial charge in [0.25, 0.3) is 5.91 Å². The van der Waals surface area contributed by atoms with E-state index in [1.165, 1.54) is 39.9 Å². The molecule has 1 aliphatic rings. The second-order valence-corrected chi connectivity index (χ2v) is 11.9. The molecule has 0 radical (unpaired) electrons. The van der Waals surface area contributed by atoms with Crippen molar-refractivity contribution in [3.05, 3.63) is 59.5 Å². The lowest BCUT2D eigenvalue weighted by atomic mass is 10.2. The maximum atomic E-state index is 13.0. The quantitative estimate of drug-likeness (QED) is 0.422. The molecule has 2 unspecified atom stereocenters. The largest absolute Gasteiger partial charge is 0.373 e. The first-order chi connectivity index (χ1) is 16.3. The van der Waals surface area contributed by atoms with Gasteiger partial charge in [-0.2, -0.15) is 4.31 Å². The summed E-state index contributed by atoms with van der Waals surface area (Å²) in [6.45, 7) is 4.31. The Morgan fingerprint density at radius 1 is 1.06 bits per heavy atom. The smallest absolute Gasteiger partial charge is 0.257 e. The van der Waals surface area contributed by atoms with Crippen molar-refractivity contribution in [2.75, 3.05) is 18.4 Å². The monoisotopic (exact) mass is 514 g/mol. The second-order valence-electron chi connectivity index (χ2n) is 8.08. The van der Waals surface area contributed by atoms with Crippen molar-refractivity contribution in [3.63, 3.8) is 0 Å². The van der Waals surface area contributed by atoms with E-state index in [1.807, 2.05) is 43.5 Å². The lowest BCUT2D eigenvalue weighted by Crippen LogP contribution is -2.48. The minimum atomic E-state index is -3.66. The third-order valence-electron chi connectivity index (χ3n) is 5.38. The van der Waals surface area contributed by atoms with Gasteiger partial charge in [0.15, 0.2) is 5.13 Å². The van der Waals surface area contributed by atoms with Crippen LogP contribution in [0.2, 0.25) is 0 Å². The molecular formula is C23H22N4O4S3. The highest BCUT2D eigenvalue weighted by Gasteiger charge is 2.32. The predicted molar refractivity (Wildman–Crippen MR) is 134 cm³/mol. The molecule has 8 nitrogen and oxygen atoms in total. The van der Waals surface area contributed by atoms with Crippen molar-refractivity contribution in [1.82, 2.24) is 14.3 Å². The summed E-state index contributed by atoms with van der Waals surface area (Å²) in [6.07, 6.45) is -0.343. The fourth-order valence-electron chi connectivity index (χ4n) is 3.83. The molecule has 1 amide bonds. The Morgan fingerprint density at radius 2 is 1.76 bits per heavy atom. The molecule has 176 valence electrons. The van der Waals surface area contributed by atoms with Crippen LogP contribution in [-0.4, -0.2) is 53.9 Å². The van der Waals surface area contributed by atoms with Crippen LogP contribution in [0.25, 0.3) is 20.9 Å². The van der Waals surface area contributed by atoms with E-state index in [9.17, 15) is 13.2 Å². The molecule has 0 spiro atoms. The first-order valence-corrected chi connectivity index (χ1v) is 13.8. The maximum Gasteiger partial charge on any atom is 0.257 e. The van der Waals surface area contributed by atoms with Crippen LogP contribution in [0, 0.1) is 0 Å². The molecular weight excluding hydrogens is 492 g/mol. The Labute approximate surface area is 205 Å². The minimum absolute atomic E-state index is 0.151. The Bertz CT molecular complexity index is 1400. The van der Waals surface area contributed by atoms with Crippen LogP contribution >= 0.6 is 22.7 Å². The van der Waals surface area contributed by atoms with Gasteiger partial charge in [0.05, 0.1) is 27.3 Å². The van der Waals surface area contributed by atoms with Gasteiger partial charge in [-0.05, 0) is 50.2 Å². The minimum Gasteiger partial charge on any atom is -0.373 e. The van der Waals surface area contributed by atoms with Crippen molar-refractivity contribution >= 4 is 54.0 Å². The highest BCUT2D eigenvalue weighted by atomic mass is 32.2. The molecule has 1 saturated heterocycles. The number of fused-ring (bicyclic) bond motifs is 1. The van der Waals surface area contributed by atoms with E-state index in [-0.39, 0.29) is 23.0 Å². The maximum absolute atomic E-state index is 13.0. The highest BCUT2D eigenvalue weighted by molar-refractivity contribution is 7.89. The topological polar surface area (TPSA) is 101 Å². The number of aromatic nitrogens is 2. The van der Waals surface area contributed by atoms with Crippen molar-refractivity contribution in [2.24, 2.45) is 0 Å². The molecule has 0 saturated carbocycles. The normalized spacial score (nSPS) is 19.4. The van der Waals surface area contributed by atoms with Gasteiger partial charge in [0.2, 0.25) is 10.0 Å². The molecule has 3 heterocycles. The molecule has 0 bridgehead atoms. The molecule has 0 aliphatic carbocycles. The van der Waals surface area contributed by atoms with E-state index in [0.717, 1.165) is 15.2 Å². The number of thiazole rings is 2. The number of carbonyl (C=O) groups is 1. The summed E-state index contributed by atoms with van der Waals surface area (Å²) in [5.74, 6) is -0.359. The summed E-state index contributed by atoms with van der Waals surface area (Å²) in [6, 6.07) is 13.8. The predicted octanol–water partition coefficient (Wildman–Crippen LogP) is 4.47. The summed E-state index contributed by atoms with van der Waals surface area (Å²) in [5, 5.41) is 5.88. The summed E-state index contributed by atoms with van der Waals surface area (Å²) in [7, 11) is -3.66. The molecule has 5 rings (SSSR count). The number of benzene rings is 2. The zero-order valence-corrected chi connectivity index (χ0v) is 20.9. The molecule has 1 aliphatic heterocycles. The third-order valence-corrected chi connectivity index (χ3v) is 9.04. The van der Waals surface area contributed by atoms with Gasteiger partial charge >= 0.3 is 0 Å². The molecule has 4 aromatic rings. The lowest BCUT2D eigenvalue weighted by molar-refractivity contribution is -0.0440. The zero-order valence-electron chi connectivity index (χ0n) is 18.5. The van der Waals surface area contributed by atoms with Gasteiger partial charge in [-0.25, -0.2) is 18.4 Å². The van der Waals surface area contributed by atoms with Crippen LogP contribution in [0.5, 0.6) is 0 Å². The van der Waals surface area contributed by atoms with Gasteiger partial charge in [-0.15, -0.1) is 22.7 Å². The number of carbonyl (C=O) groups excluding carboxylic acids is 1. The number of para-hydroxylation sites is 1. The number of morpholine rings is 1. The van der Waals surface area contributed by atoms with Crippen LogP contribution in [0.15, 0.2) is 58.8 Å². The molecule has 34 heavy (non-hydrogen) atoms. The summed E-state index contributed by atoms with van der Waals surface area (Å²) in [5.41, 5.74) is 1.97. The van der Waals surface area contributed by atoms with Crippen molar-refractivity contribution < 1.29 is 17.9 Å². The number of sulfonamides is 1. The SMILES string of the molecule is CC1CN(S(=O)(=O)c2ccc(C(=O)Nc3nc(-c4nc5ccccc5s4)cs3)cc2)CC(C)O1. The number of anilines is 1. The number of nitrogens with zero attached hydrogens (tertiary/aromatic N) is 3. The van der Waals surface area contributed by atoms with Crippen LogP contribution in [0.4, 0.5) is 5.13 Å². The van der Waals surface area contributed by atoms with E-state index in [2.05, 4.69) is 15.3 Å². The summed E-state index contributed by atoms with van der Waals surface area (Å²) >= 11 is 2.86. The Kier molecular flexibility index (Phi) is 6.21. The Hall–Kier alpha value is -2.70. The number of rotatable bonds is 5. The fourth-order valence-corrected chi connectivity index (χ4v) is 7.12. The number of amides is 1. The standard InChI is InChI=1S/C23H22N4O4S3/c1-14-11-27(12-15(2)31-14)34(29,30)17-9-7-16(8-10-17)21(28)26-23-25-19(13-32-23)22-24-18-5-3-4-6-20(18)33-22/h3-10,13-15H,11-12H2,1-2H3,(H,25,26,28). The number of ether oxygens (including phenoxy) is 1. The van der Waals surface area contributed by atoms with Gasteiger partial charge in [-0.1, -0.05) is 12.1 Å². The Balaban J connectivity index is 1.28. The molecule has 2 aromatic carbocycles. The van der Waals surface area contributed by atoms with Gasteiger partial charge in [0, 0.05) is 24.0 Å². The molecule has 1 fully saturated rings. The van der Waals surface area contributed by atoms with Crippen molar-refractivity contribution in [3.8, 4) is 10.7 Å². The van der Waals surface area contributed by atoms with E-state index in [1.54, 1.807) is 11.3 Å². The highest BCUT2D eigenvalue weighted by Crippen LogP contribution is 2.32. The fraction of sp³-hybridized carbons (Fsp3) is 0.261. The van der Waals surface area contributed by atoms with Crippen molar-refractivity contribution in [2.45, 2.75) is 31.0 Å². The Morgan fingerprint density at radius 3 is 2.47 bits per heavy atom. The van der Waals surface area contributed by atoms with Gasteiger partial charge in [0.1, 0.15) is 10.7 Å². The van der Waals surface area contributed by atoms with Crippen LogP contribution in [-0.2, 0) is 14.8 Å². The number of hydrogen-bond donors (Lipinski definition) is 1. The average molecular weight is 515 g/mol. The average Bonchev–Trinajstić information content (AvgIpc) is 3.45.